The quantitative estimate of drug-likeness (QED) is 0.667. The highest BCUT2D eigenvalue weighted by atomic mass is 32.2. The Morgan fingerprint density at radius 3 is 2.61 bits per heavy atom. The van der Waals surface area contributed by atoms with E-state index in [-0.39, 0.29) is 5.91 Å². The third kappa shape index (κ3) is 5.52. The summed E-state index contributed by atoms with van der Waals surface area (Å²) in [4.78, 5) is 16.4. The minimum absolute atomic E-state index is 0.0413. The van der Waals surface area contributed by atoms with Crippen LogP contribution in [0.1, 0.15) is 35.7 Å². The number of likely N-dealkylation sites (tertiary alicyclic amines) is 1. The first-order valence-corrected chi connectivity index (χ1v) is 11.3. The number of amides is 1. The number of piperidine rings is 1. The highest BCUT2D eigenvalue weighted by molar-refractivity contribution is 7.98. The minimum atomic E-state index is -0.0413. The number of carbonyl (C=O) groups excluding carboxylic acids is 1. The van der Waals surface area contributed by atoms with Crippen molar-refractivity contribution in [3.05, 3.63) is 59.7 Å². The number of hydrogen-bond acceptors (Lipinski definition) is 4. The summed E-state index contributed by atoms with van der Waals surface area (Å²) in [7, 11) is 0. The number of benzene rings is 2. The fraction of sp³-hybridized carbons (Fsp3) is 0.435. The van der Waals surface area contributed by atoms with Crippen LogP contribution in [0.2, 0.25) is 0 Å². The standard InChI is InChI=1S/C23H30N2O2S/c1-3-27-21-10-6-5-9-20(21)23(26)24-16-18-12-14-25(15-13-18)17-19-8-4-7-11-22(19)28-2/h4-11,18H,3,12-17H2,1-2H3,(H,24,26). The Kier molecular flexibility index (Phi) is 7.80. The number of carbonyl (C=O) groups is 1. The number of nitrogens with one attached hydrogen (secondary N) is 1. The van der Waals surface area contributed by atoms with Crippen molar-refractivity contribution in [2.75, 3.05) is 32.5 Å². The lowest BCUT2D eigenvalue weighted by Crippen LogP contribution is -2.38. The summed E-state index contributed by atoms with van der Waals surface area (Å²) >= 11 is 1.81. The summed E-state index contributed by atoms with van der Waals surface area (Å²) in [6.07, 6.45) is 4.38. The monoisotopic (exact) mass is 398 g/mol. The van der Waals surface area contributed by atoms with E-state index in [1.165, 1.54) is 10.5 Å². The van der Waals surface area contributed by atoms with Gasteiger partial charge in [-0.15, -0.1) is 11.8 Å². The molecule has 150 valence electrons. The molecule has 0 bridgehead atoms. The topological polar surface area (TPSA) is 41.6 Å². The zero-order valence-electron chi connectivity index (χ0n) is 16.8. The van der Waals surface area contributed by atoms with E-state index in [1.807, 2.05) is 43.0 Å². The highest BCUT2D eigenvalue weighted by Crippen LogP contribution is 2.24. The van der Waals surface area contributed by atoms with Crippen LogP contribution in [0.25, 0.3) is 0 Å². The maximum Gasteiger partial charge on any atom is 0.255 e. The van der Waals surface area contributed by atoms with E-state index in [2.05, 4.69) is 40.7 Å². The van der Waals surface area contributed by atoms with Gasteiger partial charge in [0.25, 0.3) is 5.91 Å². The molecule has 0 unspecified atom stereocenters. The van der Waals surface area contributed by atoms with Crippen LogP contribution in [0.5, 0.6) is 5.75 Å². The number of thioether (sulfide) groups is 1. The molecule has 2 aromatic rings. The second-order valence-corrected chi connectivity index (χ2v) is 8.02. The molecular weight excluding hydrogens is 368 g/mol. The molecule has 1 aliphatic rings. The largest absolute Gasteiger partial charge is 0.493 e. The average Bonchev–Trinajstić information content (AvgIpc) is 2.74. The molecule has 1 heterocycles. The molecule has 1 fully saturated rings. The Morgan fingerprint density at radius 1 is 1.14 bits per heavy atom. The van der Waals surface area contributed by atoms with Crippen molar-refractivity contribution in [2.45, 2.75) is 31.2 Å². The van der Waals surface area contributed by atoms with Gasteiger partial charge in [0, 0.05) is 18.0 Å². The summed E-state index contributed by atoms with van der Waals surface area (Å²) < 4.78 is 5.57. The van der Waals surface area contributed by atoms with Gasteiger partial charge in [-0.25, -0.2) is 0 Å². The number of hydrogen-bond donors (Lipinski definition) is 1. The van der Waals surface area contributed by atoms with E-state index < -0.39 is 0 Å². The molecule has 1 aliphatic heterocycles. The third-order valence-electron chi connectivity index (χ3n) is 5.28. The van der Waals surface area contributed by atoms with Gasteiger partial charge >= 0.3 is 0 Å². The molecule has 3 rings (SSSR count). The van der Waals surface area contributed by atoms with Crippen LogP contribution in [0.15, 0.2) is 53.4 Å². The second kappa shape index (κ2) is 10.5. The smallest absolute Gasteiger partial charge is 0.255 e. The molecule has 28 heavy (non-hydrogen) atoms. The van der Waals surface area contributed by atoms with Crippen LogP contribution in [0.3, 0.4) is 0 Å². The molecule has 0 spiro atoms. The fourth-order valence-electron chi connectivity index (χ4n) is 3.69. The predicted molar refractivity (Wildman–Crippen MR) is 116 cm³/mol. The fourth-order valence-corrected chi connectivity index (χ4v) is 4.30. The molecule has 4 nitrogen and oxygen atoms in total. The Morgan fingerprint density at radius 2 is 1.86 bits per heavy atom. The van der Waals surface area contributed by atoms with Crippen molar-refractivity contribution >= 4 is 17.7 Å². The van der Waals surface area contributed by atoms with E-state index in [9.17, 15) is 4.79 Å². The summed E-state index contributed by atoms with van der Waals surface area (Å²) in [6.45, 7) is 6.40. The van der Waals surface area contributed by atoms with Crippen molar-refractivity contribution < 1.29 is 9.53 Å². The number of rotatable bonds is 8. The summed E-state index contributed by atoms with van der Waals surface area (Å²) in [5, 5.41) is 3.11. The predicted octanol–water partition coefficient (Wildman–Crippen LogP) is 4.45. The van der Waals surface area contributed by atoms with Gasteiger partial charge in [-0.3, -0.25) is 9.69 Å². The van der Waals surface area contributed by atoms with Crippen molar-refractivity contribution in [2.24, 2.45) is 5.92 Å². The van der Waals surface area contributed by atoms with Crippen molar-refractivity contribution in [3.8, 4) is 5.75 Å². The van der Waals surface area contributed by atoms with Crippen molar-refractivity contribution in [1.82, 2.24) is 10.2 Å². The molecule has 0 aliphatic carbocycles. The Bertz CT molecular complexity index is 773. The van der Waals surface area contributed by atoms with Gasteiger partial charge in [-0.1, -0.05) is 30.3 Å². The van der Waals surface area contributed by atoms with Crippen LogP contribution in [0, 0.1) is 5.92 Å². The lowest BCUT2D eigenvalue weighted by molar-refractivity contribution is 0.0931. The molecule has 5 heteroatoms. The van der Waals surface area contributed by atoms with Gasteiger partial charge in [0.2, 0.25) is 0 Å². The third-order valence-corrected chi connectivity index (χ3v) is 6.11. The zero-order chi connectivity index (χ0) is 19.8. The number of para-hydroxylation sites is 1. The molecule has 0 saturated carbocycles. The molecule has 1 N–H and O–H groups in total. The summed E-state index contributed by atoms with van der Waals surface area (Å²) in [6, 6.07) is 16.1. The van der Waals surface area contributed by atoms with E-state index in [1.54, 1.807) is 0 Å². The first-order valence-electron chi connectivity index (χ1n) is 10.1. The maximum absolute atomic E-state index is 12.6. The van der Waals surface area contributed by atoms with Crippen molar-refractivity contribution in [1.29, 1.82) is 0 Å². The van der Waals surface area contributed by atoms with Crippen LogP contribution in [-0.2, 0) is 6.54 Å². The molecule has 0 aromatic heterocycles. The van der Waals surface area contributed by atoms with E-state index >= 15 is 0 Å². The van der Waals surface area contributed by atoms with E-state index in [4.69, 9.17) is 4.74 Å². The first-order chi connectivity index (χ1) is 13.7. The Labute approximate surface area is 172 Å². The van der Waals surface area contributed by atoms with Gasteiger partial charge in [0.05, 0.1) is 12.2 Å². The highest BCUT2D eigenvalue weighted by Gasteiger charge is 2.21. The van der Waals surface area contributed by atoms with Gasteiger partial charge in [-0.2, -0.15) is 0 Å². The average molecular weight is 399 g/mol. The Hall–Kier alpha value is -1.98. The van der Waals surface area contributed by atoms with Gasteiger partial charge in [0.1, 0.15) is 5.75 Å². The molecular formula is C23H30N2O2S. The maximum atomic E-state index is 12.6. The second-order valence-electron chi connectivity index (χ2n) is 7.17. The SMILES string of the molecule is CCOc1ccccc1C(=O)NCC1CCN(Cc2ccccc2SC)CC1. The molecule has 1 saturated heterocycles. The Balaban J connectivity index is 1.46. The summed E-state index contributed by atoms with van der Waals surface area (Å²) in [5.74, 6) is 1.15. The number of ether oxygens (including phenoxy) is 1. The molecule has 0 radical (unpaired) electrons. The zero-order valence-corrected chi connectivity index (χ0v) is 17.6. The van der Waals surface area contributed by atoms with Gasteiger partial charge in [0.15, 0.2) is 0 Å². The van der Waals surface area contributed by atoms with Crippen LogP contribution in [-0.4, -0.2) is 43.3 Å². The lowest BCUT2D eigenvalue weighted by atomic mass is 9.96. The van der Waals surface area contributed by atoms with E-state index in [0.29, 0.717) is 23.8 Å². The number of nitrogens with zero attached hydrogens (tertiary/aromatic N) is 1. The van der Waals surface area contributed by atoms with Gasteiger partial charge in [-0.05, 0) is 68.8 Å². The molecule has 2 aromatic carbocycles. The molecule has 1 amide bonds. The van der Waals surface area contributed by atoms with Crippen LogP contribution < -0.4 is 10.1 Å². The van der Waals surface area contributed by atoms with E-state index in [0.717, 1.165) is 39.0 Å². The lowest BCUT2D eigenvalue weighted by Gasteiger charge is -2.32. The molecule has 0 atom stereocenters. The van der Waals surface area contributed by atoms with Crippen LogP contribution in [0.4, 0.5) is 0 Å². The van der Waals surface area contributed by atoms with Crippen molar-refractivity contribution in [3.63, 3.8) is 0 Å². The van der Waals surface area contributed by atoms with Gasteiger partial charge < -0.3 is 10.1 Å². The minimum Gasteiger partial charge on any atom is -0.493 e. The normalized spacial score (nSPS) is 15.4. The first kappa shape index (κ1) is 20.7. The van der Waals surface area contributed by atoms with Crippen LogP contribution >= 0.6 is 11.8 Å². The summed E-state index contributed by atoms with van der Waals surface area (Å²) in [5.41, 5.74) is 2.03.